The van der Waals surface area contributed by atoms with Gasteiger partial charge in [0.1, 0.15) is 0 Å². The highest BCUT2D eigenvalue weighted by atomic mass is 79.9. The molecule has 0 aliphatic heterocycles. The van der Waals surface area contributed by atoms with Crippen LogP contribution in [0.4, 0.5) is 0 Å². The van der Waals surface area contributed by atoms with Gasteiger partial charge in [-0.05, 0) is 46.3 Å². The molecular formula is C15H7BrCl2O2. The lowest BCUT2D eigenvalue weighted by molar-refractivity contribution is 0.101. The van der Waals surface area contributed by atoms with Crippen LogP contribution in [0.25, 0.3) is 11.0 Å². The van der Waals surface area contributed by atoms with E-state index >= 15 is 0 Å². The van der Waals surface area contributed by atoms with Crippen LogP contribution in [0.5, 0.6) is 0 Å². The van der Waals surface area contributed by atoms with Crippen molar-refractivity contribution in [1.82, 2.24) is 0 Å². The average molecular weight is 370 g/mol. The number of halogens is 3. The fourth-order valence-electron chi connectivity index (χ4n) is 1.95. The van der Waals surface area contributed by atoms with Crippen LogP contribution in [0, 0.1) is 0 Å². The maximum Gasteiger partial charge on any atom is 0.229 e. The highest BCUT2D eigenvalue weighted by Crippen LogP contribution is 2.29. The lowest BCUT2D eigenvalue weighted by atomic mass is 10.1. The van der Waals surface area contributed by atoms with Crippen molar-refractivity contribution in [3.8, 4) is 0 Å². The van der Waals surface area contributed by atoms with E-state index in [2.05, 4.69) is 15.9 Å². The summed E-state index contributed by atoms with van der Waals surface area (Å²) in [6, 6.07) is 12.1. The second-order valence-electron chi connectivity index (χ2n) is 4.22. The minimum atomic E-state index is -0.221. The van der Waals surface area contributed by atoms with Gasteiger partial charge >= 0.3 is 0 Å². The molecule has 1 heterocycles. The van der Waals surface area contributed by atoms with Crippen LogP contribution in [-0.2, 0) is 0 Å². The highest BCUT2D eigenvalue weighted by molar-refractivity contribution is 9.10. The Morgan fingerprint density at radius 2 is 1.90 bits per heavy atom. The molecule has 0 amide bonds. The summed E-state index contributed by atoms with van der Waals surface area (Å²) in [4.78, 5) is 12.4. The second kappa shape index (κ2) is 5.24. The Balaban J connectivity index is 2.10. The number of benzene rings is 2. The lowest BCUT2D eigenvalue weighted by Gasteiger charge is -2.01. The fraction of sp³-hybridized carbons (Fsp3) is 0. The summed E-state index contributed by atoms with van der Waals surface area (Å²) in [6.45, 7) is 0. The zero-order valence-corrected chi connectivity index (χ0v) is 13.1. The quantitative estimate of drug-likeness (QED) is 0.539. The molecule has 2 nitrogen and oxygen atoms in total. The van der Waals surface area contributed by atoms with Crippen LogP contribution >= 0.6 is 39.1 Å². The molecule has 0 aliphatic rings. The first-order valence-electron chi connectivity index (χ1n) is 5.74. The van der Waals surface area contributed by atoms with Gasteiger partial charge in [0.25, 0.3) is 0 Å². The maximum absolute atomic E-state index is 12.4. The topological polar surface area (TPSA) is 30.2 Å². The van der Waals surface area contributed by atoms with Crippen molar-refractivity contribution < 1.29 is 9.21 Å². The largest absolute Gasteiger partial charge is 0.451 e. The van der Waals surface area contributed by atoms with Gasteiger partial charge < -0.3 is 4.42 Å². The van der Waals surface area contributed by atoms with Crippen LogP contribution in [-0.4, -0.2) is 5.78 Å². The third-order valence-electron chi connectivity index (χ3n) is 2.90. The molecule has 0 spiro atoms. The van der Waals surface area contributed by atoms with E-state index in [0.29, 0.717) is 25.7 Å². The van der Waals surface area contributed by atoms with Crippen molar-refractivity contribution in [2.24, 2.45) is 0 Å². The van der Waals surface area contributed by atoms with Gasteiger partial charge in [0.15, 0.2) is 11.3 Å². The Labute approximate surface area is 133 Å². The minimum absolute atomic E-state index is 0.221. The number of carbonyl (C=O) groups excluding carboxylic acids is 1. The molecule has 1 aromatic heterocycles. The molecular weight excluding hydrogens is 363 g/mol. The van der Waals surface area contributed by atoms with Crippen LogP contribution in [0.15, 0.2) is 51.4 Å². The predicted molar refractivity (Wildman–Crippen MR) is 83.8 cm³/mol. The first-order chi connectivity index (χ1) is 9.56. The molecule has 3 rings (SSSR count). The molecule has 0 saturated heterocycles. The van der Waals surface area contributed by atoms with E-state index in [1.165, 1.54) is 0 Å². The Bertz CT molecular complexity index is 824. The SMILES string of the molecule is O=C(c1cc2cccc(Cl)c2o1)c1ccc(Cl)cc1Br. The molecule has 5 heteroatoms. The Morgan fingerprint density at radius 3 is 2.60 bits per heavy atom. The van der Waals surface area contributed by atoms with Crippen molar-refractivity contribution in [3.63, 3.8) is 0 Å². The second-order valence-corrected chi connectivity index (χ2v) is 5.92. The number of rotatable bonds is 2. The molecule has 0 aliphatic carbocycles. The summed E-state index contributed by atoms with van der Waals surface area (Å²) in [5.74, 6) is 0.0249. The van der Waals surface area contributed by atoms with Crippen LogP contribution < -0.4 is 0 Å². The van der Waals surface area contributed by atoms with Crippen LogP contribution in [0.1, 0.15) is 16.1 Å². The molecule has 2 aromatic carbocycles. The molecule has 0 radical (unpaired) electrons. The zero-order chi connectivity index (χ0) is 14.3. The van der Waals surface area contributed by atoms with Crippen molar-refractivity contribution in [3.05, 3.63) is 68.3 Å². The van der Waals surface area contributed by atoms with E-state index in [9.17, 15) is 4.79 Å². The van der Waals surface area contributed by atoms with Crippen LogP contribution in [0.2, 0.25) is 10.0 Å². The predicted octanol–water partition coefficient (Wildman–Crippen LogP) is 5.73. The summed E-state index contributed by atoms with van der Waals surface area (Å²) in [5.41, 5.74) is 1.01. The minimum Gasteiger partial charge on any atom is -0.451 e. The Kier molecular flexibility index (Phi) is 3.59. The molecule has 100 valence electrons. The van der Waals surface area contributed by atoms with Gasteiger partial charge in [0, 0.05) is 20.4 Å². The number of carbonyl (C=O) groups is 1. The van der Waals surface area contributed by atoms with E-state index in [4.69, 9.17) is 27.6 Å². The molecule has 20 heavy (non-hydrogen) atoms. The zero-order valence-electron chi connectivity index (χ0n) is 9.99. The lowest BCUT2D eigenvalue weighted by Crippen LogP contribution is -2.00. The first-order valence-corrected chi connectivity index (χ1v) is 7.29. The number of ketones is 1. The number of fused-ring (bicyclic) bond motifs is 1. The number of hydrogen-bond acceptors (Lipinski definition) is 2. The number of para-hydroxylation sites is 1. The van der Waals surface area contributed by atoms with Gasteiger partial charge in [-0.1, -0.05) is 35.3 Å². The normalized spacial score (nSPS) is 10.9. The smallest absolute Gasteiger partial charge is 0.229 e. The maximum atomic E-state index is 12.4. The summed E-state index contributed by atoms with van der Waals surface area (Å²) in [7, 11) is 0. The van der Waals surface area contributed by atoms with E-state index in [1.807, 2.05) is 12.1 Å². The van der Waals surface area contributed by atoms with Gasteiger partial charge in [-0.3, -0.25) is 4.79 Å². The number of furan rings is 1. The van der Waals surface area contributed by atoms with Gasteiger partial charge in [-0.2, -0.15) is 0 Å². The Morgan fingerprint density at radius 1 is 1.10 bits per heavy atom. The van der Waals surface area contributed by atoms with E-state index in [0.717, 1.165) is 5.39 Å². The van der Waals surface area contributed by atoms with Gasteiger partial charge in [0.05, 0.1) is 5.02 Å². The third kappa shape index (κ3) is 2.37. The monoisotopic (exact) mass is 368 g/mol. The summed E-state index contributed by atoms with van der Waals surface area (Å²) < 4.78 is 6.19. The van der Waals surface area contributed by atoms with Crippen molar-refractivity contribution >= 4 is 55.9 Å². The third-order valence-corrected chi connectivity index (χ3v) is 4.08. The summed E-state index contributed by atoms with van der Waals surface area (Å²) >= 11 is 15.2. The van der Waals surface area contributed by atoms with E-state index < -0.39 is 0 Å². The van der Waals surface area contributed by atoms with Crippen molar-refractivity contribution in [1.29, 1.82) is 0 Å². The highest BCUT2D eigenvalue weighted by Gasteiger charge is 2.18. The molecule has 0 atom stereocenters. The number of hydrogen-bond donors (Lipinski definition) is 0. The Hall–Kier alpha value is -1.29. The summed E-state index contributed by atoms with van der Waals surface area (Å²) in [6.07, 6.45) is 0. The van der Waals surface area contributed by atoms with Crippen molar-refractivity contribution in [2.45, 2.75) is 0 Å². The van der Waals surface area contributed by atoms with Gasteiger partial charge in [-0.15, -0.1) is 0 Å². The molecule has 0 unspecified atom stereocenters. The molecule has 0 saturated carbocycles. The van der Waals surface area contributed by atoms with Gasteiger partial charge in [-0.25, -0.2) is 0 Å². The molecule has 0 bridgehead atoms. The molecule has 0 fully saturated rings. The van der Waals surface area contributed by atoms with E-state index in [1.54, 1.807) is 30.3 Å². The average Bonchev–Trinajstić information content (AvgIpc) is 2.83. The molecule has 3 aromatic rings. The van der Waals surface area contributed by atoms with E-state index in [-0.39, 0.29) is 11.5 Å². The fourth-order valence-corrected chi connectivity index (χ4v) is 3.03. The van der Waals surface area contributed by atoms with Crippen molar-refractivity contribution in [2.75, 3.05) is 0 Å². The van der Waals surface area contributed by atoms with Gasteiger partial charge in [0.2, 0.25) is 5.78 Å². The first kappa shape index (κ1) is 13.7. The molecule has 0 N–H and O–H groups in total. The summed E-state index contributed by atoms with van der Waals surface area (Å²) in [5, 5.41) is 1.84. The van der Waals surface area contributed by atoms with Crippen LogP contribution in [0.3, 0.4) is 0 Å². The standard InChI is InChI=1S/C15H7BrCl2O2/c16-11-7-9(17)4-5-10(11)14(19)13-6-8-2-1-3-12(18)15(8)20-13/h1-7H.